The third-order valence-corrected chi connectivity index (χ3v) is 5.06. The van der Waals surface area contributed by atoms with Crippen LogP contribution in [0.5, 0.6) is 11.5 Å². The standard InChI is InChI=1S/C18H18N2O5S/c1-10(18(22)25-4)20-9-19-16-15(17(20)21)12(8-26-16)11-5-6-13(23-2)14(7-11)24-3/h5-10H,1-4H3/t10-/m1/s1. The summed E-state index contributed by atoms with van der Waals surface area (Å²) < 4.78 is 16.6. The molecule has 136 valence electrons. The molecule has 26 heavy (non-hydrogen) atoms. The number of fused-ring (bicyclic) bond motifs is 1. The van der Waals surface area contributed by atoms with Gasteiger partial charge in [-0.3, -0.25) is 9.36 Å². The highest BCUT2D eigenvalue weighted by molar-refractivity contribution is 7.17. The molecule has 1 aromatic carbocycles. The van der Waals surface area contributed by atoms with Gasteiger partial charge in [-0.05, 0) is 24.6 Å². The highest BCUT2D eigenvalue weighted by Gasteiger charge is 2.21. The molecule has 0 fully saturated rings. The van der Waals surface area contributed by atoms with Crippen molar-refractivity contribution in [2.45, 2.75) is 13.0 Å². The van der Waals surface area contributed by atoms with E-state index >= 15 is 0 Å². The lowest BCUT2D eigenvalue weighted by Crippen LogP contribution is -2.29. The number of methoxy groups -OCH3 is 3. The average molecular weight is 374 g/mol. The van der Waals surface area contributed by atoms with Gasteiger partial charge in [0.2, 0.25) is 0 Å². The van der Waals surface area contributed by atoms with Crippen LogP contribution in [0.25, 0.3) is 21.3 Å². The van der Waals surface area contributed by atoms with Crippen LogP contribution >= 0.6 is 11.3 Å². The molecule has 0 aliphatic rings. The first kappa shape index (κ1) is 17.9. The van der Waals surface area contributed by atoms with Gasteiger partial charge in [-0.15, -0.1) is 11.3 Å². The van der Waals surface area contributed by atoms with E-state index in [2.05, 4.69) is 4.98 Å². The Morgan fingerprint density at radius 2 is 1.92 bits per heavy atom. The number of carbonyl (C=O) groups is 1. The number of benzene rings is 1. The van der Waals surface area contributed by atoms with Gasteiger partial charge in [0.15, 0.2) is 11.5 Å². The number of nitrogens with zero attached hydrogens (tertiary/aromatic N) is 2. The van der Waals surface area contributed by atoms with Crippen LogP contribution in [0.15, 0.2) is 34.7 Å². The van der Waals surface area contributed by atoms with Crippen LogP contribution in [0, 0.1) is 0 Å². The predicted molar refractivity (Wildman–Crippen MR) is 99.1 cm³/mol. The van der Waals surface area contributed by atoms with E-state index in [1.807, 2.05) is 11.4 Å². The van der Waals surface area contributed by atoms with Gasteiger partial charge in [0.25, 0.3) is 5.56 Å². The SMILES string of the molecule is COC(=O)[C@@H](C)n1cnc2scc(-c3ccc(OC)c(OC)c3)c2c1=O. The number of ether oxygens (including phenoxy) is 3. The third kappa shape index (κ3) is 2.92. The minimum atomic E-state index is -0.762. The Bertz CT molecular complexity index is 1020. The number of hydrogen-bond donors (Lipinski definition) is 0. The van der Waals surface area contributed by atoms with Crippen molar-refractivity contribution < 1.29 is 19.0 Å². The highest BCUT2D eigenvalue weighted by Crippen LogP contribution is 2.36. The molecule has 0 radical (unpaired) electrons. The minimum Gasteiger partial charge on any atom is -0.493 e. The summed E-state index contributed by atoms with van der Waals surface area (Å²) in [5, 5.41) is 2.33. The first-order chi connectivity index (χ1) is 12.5. The molecule has 0 aliphatic carbocycles. The zero-order valence-electron chi connectivity index (χ0n) is 14.8. The van der Waals surface area contributed by atoms with E-state index in [0.717, 1.165) is 11.1 Å². The van der Waals surface area contributed by atoms with E-state index in [4.69, 9.17) is 14.2 Å². The van der Waals surface area contributed by atoms with Crippen molar-refractivity contribution in [1.82, 2.24) is 9.55 Å². The quantitative estimate of drug-likeness (QED) is 0.639. The first-order valence-corrected chi connectivity index (χ1v) is 8.68. The minimum absolute atomic E-state index is 0.293. The maximum atomic E-state index is 13.0. The number of thiophene rings is 1. The topological polar surface area (TPSA) is 79.7 Å². The monoisotopic (exact) mass is 374 g/mol. The number of esters is 1. The number of rotatable bonds is 5. The van der Waals surface area contributed by atoms with Crippen LogP contribution < -0.4 is 15.0 Å². The fourth-order valence-electron chi connectivity index (χ4n) is 2.72. The largest absolute Gasteiger partial charge is 0.493 e. The zero-order chi connectivity index (χ0) is 18.8. The Morgan fingerprint density at radius 3 is 2.58 bits per heavy atom. The fraction of sp³-hybridized carbons (Fsp3) is 0.278. The van der Waals surface area contributed by atoms with Crippen molar-refractivity contribution in [1.29, 1.82) is 0 Å². The van der Waals surface area contributed by atoms with Gasteiger partial charge in [-0.25, -0.2) is 9.78 Å². The second-order valence-corrected chi connectivity index (χ2v) is 6.41. The van der Waals surface area contributed by atoms with E-state index < -0.39 is 12.0 Å². The van der Waals surface area contributed by atoms with Crippen LogP contribution in [-0.4, -0.2) is 36.8 Å². The average Bonchev–Trinajstić information content (AvgIpc) is 3.11. The highest BCUT2D eigenvalue weighted by atomic mass is 32.1. The predicted octanol–water partition coefficient (Wildman–Crippen LogP) is 2.88. The summed E-state index contributed by atoms with van der Waals surface area (Å²) in [7, 11) is 4.41. The molecule has 7 nitrogen and oxygen atoms in total. The smallest absolute Gasteiger partial charge is 0.328 e. The van der Waals surface area contributed by atoms with E-state index in [1.54, 1.807) is 33.3 Å². The molecule has 0 N–H and O–H groups in total. The maximum Gasteiger partial charge on any atom is 0.328 e. The normalized spacial score (nSPS) is 12.0. The van der Waals surface area contributed by atoms with Crippen molar-refractivity contribution in [3.8, 4) is 22.6 Å². The molecule has 0 aliphatic heterocycles. The summed E-state index contributed by atoms with van der Waals surface area (Å²) in [6, 6.07) is 4.68. The second kappa shape index (κ2) is 7.17. The summed E-state index contributed by atoms with van der Waals surface area (Å²) in [5.74, 6) is 0.665. The van der Waals surface area contributed by atoms with E-state index in [0.29, 0.717) is 21.7 Å². The van der Waals surface area contributed by atoms with Crippen molar-refractivity contribution in [2.24, 2.45) is 0 Å². The first-order valence-electron chi connectivity index (χ1n) is 7.80. The Morgan fingerprint density at radius 1 is 1.19 bits per heavy atom. The van der Waals surface area contributed by atoms with Gasteiger partial charge in [0.05, 0.1) is 33.0 Å². The van der Waals surface area contributed by atoms with E-state index in [-0.39, 0.29) is 5.56 Å². The van der Waals surface area contributed by atoms with Crippen molar-refractivity contribution in [3.63, 3.8) is 0 Å². The molecule has 0 spiro atoms. The molecule has 0 saturated carbocycles. The fourth-order valence-corrected chi connectivity index (χ4v) is 3.63. The van der Waals surface area contributed by atoms with Crippen LogP contribution in [0.2, 0.25) is 0 Å². The van der Waals surface area contributed by atoms with Gasteiger partial charge >= 0.3 is 5.97 Å². The Kier molecular flexibility index (Phi) is 4.94. The molecule has 2 aromatic heterocycles. The number of aromatic nitrogens is 2. The Balaban J connectivity index is 2.19. The van der Waals surface area contributed by atoms with Crippen LogP contribution in [-0.2, 0) is 9.53 Å². The lowest BCUT2D eigenvalue weighted by Gasteiger charge is -2.12. The zero-order valence-corrected chi connectivity index (χ0v) is 15.6. The maximum absolute atomic E-state index is 13.0. The van der Waals surface area contributed by atoms with E-state index in [9.17, 15) is 9.59 Å². The van der Waals surface area contributed by atoms with Crippen LogP contribution in [0.1, 0.15) is 13.0 Å². The number of carbonyl (C=O) groups excluding carboxylic acids is 1. The van der Waals surface area contributed by atoms with E-state index in [1.165, 1.54) is 29.3 Å². The Labute approximate surface area is 153 Å². The number of hydrogen-bond acceptors (Lipinski definition) is 7. The third-order valence-electron chi connectivity index (χ3n) is 4.17. The van der Waals surface area contributed by atoms with Gasteiger partial charge in [-0.2, -0.15) is 0 Å². The van der Waals surface area contributed by atoms with Gasteiger partial charge in [0.1, 0.15) is 10.9 Å². The summed E-state index contributed by atoms with van der Waals surface area (Å²) in [6.07, 6.45) is 1.38. The molecule has 3 aromatic rings. The molecule has 2 heterocycles. The Hall–Kier alpha value is -2.87. The molecule has 8 heteroatoms. The lowest BCUT2D eigenvalue weighted by molar-refractivity contribution is -0.144. The van der Waals surface area contributed by atoms with Gasteiger partial charge in [0, 0.05) is 10.9 Å². The summed E-state index contributed by atoms with van der Waals surface area (Å²) in [6.45, 7) is 1.60. The molecule has 0 amide bonds. The van der Waals surface area contributed by atoms with Crippen molar-refractivity contribution >= 4 is 27.5 Å². The van der Waals surface area contributed by atoms with Gasteiger partial charge < -0.3 is 14.2 Å². The molecular weight excluding hydrogens is 356 g/mol. The summed E-state index contributed by atoms with van der Waals surface area (Å²) in [5.41, 5.74) is 1.24. The molecule has 0 unspecified atom stereocenters. The summed E-state index contributed by atoms with van der Waals surface area (Å²) in [4.78, 5) is 29.7. The molecule has 1 atom stereocenters. The van der Waals surface area contributed by atoms with Crippen molar-refractivity contribution in [3.05, 3.63) is 40.3 Å². The second-order valence-electron chi connectivity index (χ2n) is 5.56. The summed E-state index contributed by atoms with van der Waals surface area (Å²) >= 11 is 1.37. The van der Waals surface area contributed by atoms with Crippen LogP contribution in [0.4, 0.5) is 0 Å². The molecule has 0 bridgehead atoms. The molecule has 3 rings (SSSR count). The lowest BCUT2D eigenvalue weighted by atomic mass is 10.1. The van der Waals surface area contributed by atoms with Crippen LogP contribution in [0.3, 0.4) is 0 Å². The molecule has 0 saturated heterocycles. The van der Waals surface area contributed by atoms with Crippen molar-refractivity contribution in [2.75, 3.05) is 21.3 Å². The van der Waals surface area contributed by atoms with Gasteiger partial charge in [-0.1, -0.05) is 6.07 Å². The molecular formula is C18H18N2O5S.